The average Bonchev–Trinajstić information content (AvgIpc) is 2.19. The number of aromatic nitrogens is 1. The van der Waals surface area contributed by atoms with E-state index < -0.39 is 0 Å². The van der Waals surface area contributed by atoms with Crippen LogP contribution in [0.15, 0.2) is 24.4 Å². The molecule has 0 fully saturated rings. The first-order valence-electron chi connectivity index (χ1n) is 4.10. The van der Waals surface area contributed by atoms with Crippen LogP contribution in [-0.4, -0.2) is 12.1 Å². The summed E-state index contributed by atoms with van der Waals surface area (Å²) < 4.78 is 5.08. The Hall–Kier alpha value is -1.48. The number of benzene rings is 1. The number of nitrogens with two attached hydrogens (primary N) is 1. The van der Waals surface area contributed by atoms with Crippen molar-refractivity contribution in [3.05, 3.63) is 29.4 Å². The molecule has 4 heteroatoms. The van der Waals surface area contributed by atoms with Gasteiger partial charge >= 0.3 is 0 Å². The zero-order valence-electron chi connectivity index (χ0n) is 7.62. The van der Waals surface area contributed by atoms with Gasteiger partial charge in [-0.25, -0.2) is 0 Å². The Balaban J connectivity index is 2.79. The van der Waals surface area contributed by atoms with E-state index >= 15 is 0 Å². The van der Waals surface area contributed by atoms with Gasteiger partial charge in [0.05, 0.1) is 17.6 Å². The van der Waals surface area contributed by atoms with Crippen LogP contribution < -0.4 is 10.5 Å². The van der Waals surface area contributed by atoms with E-state index in [2.05, 4.69) is 4.98 Å². The van der Waals surface area contributed by atoms with Gasteiger partial charge in [0.2, 0.25) is 0 Å². The molecule has 2 rings (SSSR count). The van der Waals surface area contributed by atoms with Crippen molar-refractivity contribution < 1.29 is 4.74 Å². The number of hydrogen-bond acceptors (Lipinski definition) is 3. The van der Waals surface area contributed by atoms with Gasteiger partial charge in [-0.2, -0.15) is 0 Å². The third-order valence-electron chi connectivity index (χ3n) is 2.05. The lowest BCUT2D eigenvalue weighted by Crippen LogP contribution is -1.90. The molecule has 2 N–H and O–H groups in total. The van der Waals surface area contributed by atoms with Crippen molar-refractivity contribution in [2.75, 3.05) is 12.8 Å². The number of pyridine rings is 1. The largest absolute Gasteiger partial charge is 0.495 e. The zero-order valence-corrected chi connectivity index (χ0v) is 8.38. The molecule has 0 atom stereocenters. The fourth-order valence-electron chi connectivity index (χ4n) is 1.32. The molecule has 2 aromatic rings. The molecule has 0 saturated heterocycles. The summed E-state index contributed by atoms with van der Waals surface area (Å²) in [6.07, 6.45) is 1.66. The van der Waals surface area contributed by atoms with Crippen molar-refractivity contribution in [1.29, 1.82) is 0 Å². The lowest BCUT2D eigenvalue weighted by Gasteiger charge is -2.06. The Morgan fingerprint density at radius 2 is 2.21 bits per heavy atom. The second-order valence-electron chi connectivity index (χ2n) is 2.90. The highest BCUT2D eigenvalue weighted by molar-refractivity contribution is 6.33. The standard InChI is InChI=1S/C10H9ClN2O/c1-14-10-5-9-6(4-7(10)11)8(12)2-3-13-9/h2-5H,1H3,(H2,12,13). The smallest absolute Gasteiger partial charge is 0.139 e. The van der Waals surface area contributed by atoms with Crippen LogP contribution in [0.4, 0.5) is 5.69 Å². The van der Waals surface area contributed by atoms with E-state index in [9.17, 15) is 0 Å². The maximum absolute atomic E-state index is 5.97. The van der Waals surface area contributed by atoms with Crippen molar-refractivity contribution in [3.63, 3.8) is 0 Å². The molecule has 14 heavy (non-hydrogen) atoms. The molecule has 72 valence electrons. The Labute approximate surface area is 86.5 Å². The molecule has 0 amide bonds. The van der Waals surface area contributed by atoms with Crippen LogP contribution in [0.1, 0.15) is 0 Å². The normalized spacial score (nSPS) is 10.4. The first kappa shape index (κ1) is 9.09. The Bertz CT molecular complexity index is 485. The lowest BCUT2D eigenvalue weighted by atomic mass is 10.2. The van der Waals surface area contributed by atoms with Crippen molar-refractivity contribution in [2.24, 2.45) is 0 Å². The second-order valence-corrected chi connectivity index (χ2v) is 3.31. The first-order chi connectivity index (χ1) is 6.72. The van der Waals surface area contributed by atoms with Gasteiger partial charge in [0.15, 0.2) is 0 Å². The van der Waals surface area contributed by atoms with Gasteiger partial charge in [-0.3, -0.25) is 4.98 Å². The lowest BCUT2D eigenvalue weighted by molar-refractivity contribution is 0.415. The zero-order chi connectivity index (χ0) is 10.1. The van der Waals surface area contributed by atoms with Crippen LogP contribution >= 0.6 is 11.6 Å². The molecule has 1 aromatic carbocycles. The van der Waals surface area contributed by atoms with E-state index in [1.165, 1.54) is 0 Å². The van der Waals surface area contributed by atoms with Crippen molar-refractivity contribution in [1.82, 2.24) is 4.98 Å². The fourth-order valence-corrected chi connectivity index (χ4v) is 1.57. The summed E-state index contributed by atoms with van der Waals surface area (Å²) in [6, 6.07) is 5.28. The van der Waals surface area contributed by atoms with Crippen molar-refractivity contribution in [2.45, 2.75) is 0 Å². The average molecular weight is 209 g/mol. The summed E-state index contributed by atoms with van der Waals surface area (Å²) in [5.41, 5.74) is 7.23. The summed E-state index contributed by atoms with van der Waals surface area (Å²) in [4.78, 5) is 4.17. The van der Waals surface area contributed by atoms with Crippen LogP contribution in [0.2, 0.25) is 5.02 Å². The minimum Gasteiger partial charge on any atom is -0.495 e. The van der Waals surface area contributed by atoms with Gasteiger partial charge in [0, 0.05) is 23.3 Å². The molecule has 0 aliphatic rings. The van der Waals surface area contributed by atoms with Crippen LogP contribution in [0.3, 0.4) is 0 Å². The number of halogens is 1. The molecular weight excluding hydrogens is 200 g/mol. The highest BCUT2D eigenvalue weighted by Crippen LogP contribution is 2.31. The summed E-state index contributed by atoms with van der Waals surface area (Å²) in [5, 5.41) is 1.39. The van der Waals surface area contributed by atoms with Crippen LogP contribution in [-0.2, 0) is 0 Å². The molecule has 0 unspecified atom stereocenters. The third-order valence-corrected chi connectivity index (χ3v) is 2.34. The quantitative estimate of drug-likeness (QED) is 0.783. The summed E-state index contributed by atoms with van der Waals surface area (Å²) in [5.74, 6) is 0.609. The number of nitrogens with zero attached hydrogens (tertiary/aromatic N) is 1. The number of methoxy groups -OCH3 is 1. The third kappa shape index (κ3) is 1.36. The van der Waals surface area contributed by atoms with Crippen LogP contribution in [0.5, 0.6) is 5.75 Å². The number of ether oxygens (including phenoxy) is 1. The van der Waals surface area contributed by atoms with Gasteiger partial charge in [-0.15, -0.1) is 0 Å². The summed E-state index contributed by atoms with van der Waals surface area (Å²) >= 11 is 5.97. The second kappa shape index (κ2) is 3.35. The van der Waals surface area contributed by atoms with E-state index in [4.69, 9.17) is 22.1 Å². The highest BCUT2D eigenvalue weighted by atomic mass is 35.5. The van der Waals surface area contributed by atoms with Gasteiger partial charge in [0.25, 0.3) is 0 Å². The maximum atomic E-state index is 5.97. The number of fused-ring (bicyclic) bond motifs is 1. The molecule has 0 saturated carbocycles. The van der Waals surface area contributed by atoms with E-state index in [0.29, 0.717) is 16.5 Å². The SMILES string of the molecule is COc1cc2nccc(N)c2cc1Cl. The summed E-state index contributed by atoms with van der Waals surface area (Å²) in [7, 11) is 1.57. The Morgan fingerprint density at radius 3 is 2.93 bits per heavy atom. The Kier molecular flexibility index (Phi) is 2.17. The van der Waals surface area contributed by atoms with Gasteiger partial charge in [0.1, 0.15) is 5.75 Å². The highest BCUT2D eigenvalue weighted by Gasteiger charge is 2.05. The van der Waals surface area contributed by atoms with Crippen LogP contribution in [0.25, 0.3) is 10.9 Å². The molecule has 1 aromatic heterocycles. The molecular formula is C10H9ClN2O. The number of hydrogen-bond donors (Lipinski definition) is 1. The monoisotopic (exact) mass is 208 g/mol. The number of rotatable bonds is 1. The van der Waals surface area contributed by atoms with Gasteiger partial charge in [-0.1, -0.05) is 11.6 Å². The van der Waals surface area contributed by atoms with Crippen LogP contribution in [0, 0.1) is 0 Å². The minimum absolute atomic E-state index is 0.541. The van der Waals surface area contributed by atoms with E-state index in [1.807, 2.05) is 0 Å². The molecule has 3 nitrogen and oxygen atoms in total. The predicted octanol–water partition coefficient (Wildman–Crippen LogP) is 2.48. The minimum atomic E-state index is 0.541. The topological polar surface area (TPSA) is 48.1 Å². The predicted molar refractivity (Wildman–Crippen MR) is 57.7 cm³/mol. The van der Waals surface area contributed by atoms with Crippen molar-refractivity contribution in [3.8, 4) is 5.75 Å². The molecule has 0 radical (unpaired) electrons. The van der Waals surface area contributed by atoms with Gasteiger partial charge in [-0.05, 0) is 12.1 Å². The number of nitrogen functional groups attached to an aromatic ring is 1. The molecule has 0 aliphatic carbocycles. The van der Waals surface area contributed by atoms with E-state index in [1.54, 1.807) is 31.5 Å². The van der Waals surface area contributed by atoms with E-state index in [-0.39, 0.29) is 0 Å². The Morgan fingerprint density at radius 1 is 1.43 bits per heavy atom. The molecule has 0 aliphatic heterocycles. The fraction of sp³-hybridized carbons (Fsp3) is 0.100. The van der Waals surface area contributed by atoms with Gasteiger partial charge < -0.3 is 10.5 Å². The van der Waals surface area contributed by atoms with Crippen molar-refractivity contribution >= 4 is 28.2 Å². The molecule has 0 spiro atoms. The summed E-state index contributed by atoms with van der Waals surface area (Å²) in [6.45, 7) is 0. The van der Waals surface area contributed by atoms with E-state index in [0.717, 1.165) is 10.9 Å². The molecule has 1 heterocycles. The number of anilines is 1. The maximum Gasteiger partial charge on any atom is 0.139 e. The first-order valence-corrected chi connectivity index (χ1v) is 4.48. The molecule has 0 bridgehead atoms.